The van der Waals surface area contributed by atoms with Gasteiger partial charge in [0, 0.05) is 12.0 Å². The summed E-state index contributed by atoms with van der Waals surface area (Å²) in [5.74, 6) is 0.564. The van der Waals surface area contributed by atoms with E-state index in [1.807, 2.05) is 36.4 Å². The third kappa shape index (κ3) is 2.79. The maximum absolute atomic E-state index is 12.0. The number of rotatable bonds is 3. The van der Waals surface area contributed by atoms with Crippen LogP contribution in [0.5, 0.6) is 5.75 Å². The van der Waals surface area contributed by atoms with Crippen molar-refractivity contribution in [3.8, 4) is 5.75 Å². The molecule has 1 N–H and O–H groups in total. The minimum absolute atomic E-state index is 0.0298. The van der Waals surface area contributed by atoms with E-state index in [0.717, 1.165) is 5.56 Å². The number of hydrogen-bond acceptors (Lipinski definition) is 3. The summed E-state index contributed by atoms with van der Waals surface area (Å²) in [5, 5.41) is 2.84. The zero-order valence-electron chi connectivity index (χ0n) is 11.6. The Morgan fingerprint density at radius 1 is 1.14 bits per heavy atom. The minimum Gasteiger partial charge on any atom is -0.478 e. The van der Waals surface area contributed by atoms with Gasteiger partial charge in [0.1, 0.15) is 5.75 Å². The zero-order chi connectivity index (χ0) is 14.8. The fourth-order valence-electron chi connectivity index (χ4n) is 2.32. The molecule has 4 nitrogen and oxygen atoms in total. The standard InChI is InChI=1S/C17H15NO3/c1-11(19)13-8-6-12(7-9-13)10-16-17(20)18-14-4-2-3-5-15(14)21-16/h2-9,16H,10H2,1H3,(H,18,20). The van der Waals surface area contributed by atoms with Crippen LogP contribution in [0.4, 0.5) is 5.69 Å². The smallest absolute Gasteiger partial charge is 0.265 e. The highest BCUT2D eigenvalue weighted by molar-refractivity contribution is 5.98. The summed E-state index contributed by atoms with van der Waals surface area (Å²) in [5.41, 5.74) is 2.32. The Kier molecular flexibility index (Phi) is 3.44. The number of para-hydroxylation sites is 2. The van der Waals surface area contributed by atoms with Gasteiger partial charge >= 0.3 is 0 Å². The van der Waals surface area contributed by atoms with Crippen molar-refractivity contribution < 1.29 is 14.3 Å². The van der Waals surface area contributed by atoms with Crippen LogP contribution in [0.15, 0.2) is 48.5 Å². The van der Waals surface area contributed by atoms with Gasteiger partial charge in [0.05, 0.1) is 5.69 Å². The van der Waals surface area contributed by atoms with E-state index in [1.165, 1.54) is 6.92 Å². The lowest BCUT2D eigenvalue weighted by Crippen LogP contribution is -2.38. The molecule has 1 atom stereocenters. The summed E-state index contributed by atoms with van der Waals surface area (Å²) in [6, 6.07) is 14.6. The lowest BCUT2D eigenvalue weighted by molar-refractivity contribution is -0.123. The molecule has 0 aliphatic carbocycles. The molecule has 1 aliphatic heterocycles. The van der Waals surface area contributed by atoms with Crippen molar-refractivity contribution in [3.63, 3.8) is 0 Å². The monoisotopic (exact) mass is 281 g/mol. The molecule has 0 aromatic heterocycles. The molecule has 0 saturated heterocycles. The van der Waals surface area contributed by atoms with Crippen LogP contribution in [0.1, 0.15) is 22.8 Å². The van der Waals surface area contributed by atoms with E-state index in [2.05, 4.69) is 5.32 Å². The third-order valence-corrected chi connectivity index (χ3v) is 3.49. The molecule has 0 bridgehead atoms. The second kappa shape index (κ2) is 5.40. The van der Waals surface area contributed by atoms with Crippen molar-refractivity contribution in [2.24, 2.45) is 0 Å². The normalized spacial score (nSPS) is 16.6. The van der Waals surface area contributed by atoms with Gasteiger partial charge in [-0.1, -0.05) is 36.4 Å². The Bertz CT molecular complexity index is 691. The summed E-state index contributed by atoms with van der Waals surface area (Å²) < 4.78 is 5.75. The average molecular weight is 281 g/mol. The first-order chi connectivity index (χ1) is 10.1. The van der Waals surface area contributed by atoms with Gasteiger partial charge in [-0.2, -0.15) is 0 Å². The van der Waals surface area contributed by atoms with Gasteiger partial charge in [0.25, 0.3) is 5.91 Å². The number of fused-ring (bicyclic) bond motifs is 1. The van der Waals surface area contributed by atoms with Gasteiger partial charge in [0.2, 0.25) is 0 Å². The molecule has 0 fully saturated rings. The number of nitrogens with one attached hydrogen (secondary N) is 1. The third-order valence-electron chi connectivity index (χ3n) is 3.49. The predicted octanol–water partition coefficient (Wildman–Crippen LogP) is 2.83. The van der Waals surface area contributed by atoms with E-state index in [1.54, 1.807) is 12.1 Å². The first kappa shape index (κ1) is 13.4. The lowest BCUT2D eigenvalue weighted by atomic mass is 10.0. The predicted molar refractivity (Wildman–Crippen MR) is 79.6 cm³/mol. The number of ether oxygens (including phenoxy) is 1. The highest BCUT2D eigenvalue weighted by Crippen LogP contribution is 2.29. The van der Waals surface area contributed by atoms with E-state index in [4.69, 9.17) is 4.74 Å². The molecule has 2 aromatic rings. The fourth-order valence-corrected chi connectivity index (χ4v) is 2.32. The fraction of sp³-hybridized carbons (Fsp3) is 0.176. The van der Waals surface area contributed by atoms with Crippen LogP contribution in [0, 0.1) is 0 Å². The van der Waals surface area contributed by atoms with E-state index in [9.17, 15) is 9.59 Å². The van der Waals surface area contributed by atoms with Crippen LogP contribution in [0.25, 0.3) is 0 Å². The molecule has 0 saturated carbocycles. The van der Waals surface area contributed by atoms with Crippen LogP contribution < -0.4 is 10.1 Å². The molecule has 3 rings (SSSR count). The number of carbonyl (C=O) groups excluding carboxylic acids is 2. The van der Waals surface area contributed by atoms with Crippen LogP contribution in [0.2, 0.25) is 0 Å². The molecule has 21 heavy (non-hydrogen) atoms. The molecular weight excluding hydrogens is 266 g/mol. The maximum Gasteiger partial charge on any atom is 0.265 e. The highest BCUT2D eigenvalue weighted by atomic mass is 16.5. The molecule has 1 amide bonds. The van der Waals surface area contributed by atoms with Crippen molar-refractivity contribution in [1.82, 2.24) is 0 Å². The van der Waals surface area contributed by atoms with Gasteiger partial charge in [0.15, 0.2) is 11.9 Å². The van der Waals surface area contributed by atoms with Crippen molar-refractivity contribution >= 4 is 17.4 Å². The number of Topliss-reactive ketones (excluding diaryl/α,β-unsaturated/α-hetero) is 1. The number of ketones is 1. The molecule has 2 aromatic carbocycles. The Morgan fingerprint density at radius 2 is 1.86 bits per heavy atom. The number of benzene rings is 2. The molecule has 1 heterocycles. The number of anilines is 1. The minimum atomic E-state index is -0.553. The molecule has 0 radical (unpaired) electrons. The first-order valence-corrected chi connectivity index (χ1v) is 6.80. The van der Waals surface area contributed by atoms with Gasteiger partial charge in [-0.15, -0.1) is 0 Å². The second-order valence-corrected chi connectivity index (χ2v) is 5.05. The molecular formula is C17H15NO3. The summed E-state index contributed by atoms with van der Waals surface area (Å²) in [4.78, 5) is 23.3. The Balaban J connectivity index is 1.76. The summed E-state index contributed by atoms with van der Waals surface area (Å²) in [6.07, 6.45) is -0.0821. The lowest BCUT2D eigenvalue weighted by Gasteiger charge is -2.25. The number of hydrogen-bond donors (Lipinski definition) is 1. The molecule has 106 valence electrons. The van der Waals surface area contributed by atoms with E-state index < -0.39 is 6.10 Å². The van der Waals surface area contributed by atoms with Gasteiger partial charge in [-0.3, -0.25) is 9.59 Å². The Labute approximate surface area is 122 Å². The second-order valence-electron chi connectivity index (χ2n) is 5.05. The van der Waals surface area contributed by atoms with Crippen molar-refractivity contribution in [3.05, 3.63) is 59.7 Å². The first-order valence-electron chi connectivity index (χ1n) is 6.80. The van der Waals surface area contributed by atoms with E-state index >= 15 is 0 Å². The Hall–Kier alpha value is -2.62. The molecule has 1 unspecified atom stereocenters. The average Bonchev–Trinajstić information content (AvgIpc) is 2.48. The summed E-state index contributed by atoms with van der Waals surface area (Å²) in [6.45, 7) is 1.53. The highest BCUT2D eigenvalue weighted by Gasteiger charge is 2.27. The molecule has 0 spiro atoms. The van der Waals surface area contributed by atoms with Gasteiger partial charge in [-0.25, -0.2) is 0 Å². The van der Waals surface area contributed by atoms with Crippen LogP contribution >= 0.6 is 0 Å². The van der Waals surface area contributed by atoms with Crippen molar-refractivity contribution in [1.29, 1.82) is 0 Å². The van der Waals surface area contributed by atoms with Gasteiger partial charge < -0.3 is 10.1 Å². The summed E-state index contributed by atoms with van der Waals surface area (Å²) >= 11 is 0. The quantitative estimate of drug-likeness (QED) is 0.880. The van der Waals surface area contributed by atoms with Gasteiger partial charge in [-0.05, 0) is 24.6 Å². The molecule has 1 aliphatic rings. The SMILES string of the molecule is CC(=O)c1ccc(CC2Oc3ccccc3NC2=O)cc1. The topological polar surface area (TPSA) is 55.4 Å². The number of carbonyl (C=O) groups is 2. The maximum atomic E-state index is 12.0. The van der Waals surface area contributed by atoms with Crippen LogP contribution in [0.3, 0.4) is 0 Å². The van der Waals surface area contributed by atoms with Crippen molar-refractivity contribution in [2.45, 2.75) is 19.4 Å². The number of amides is 1. The Morgan fingerprint density at radius 3 is 2.57 bits per heavy atom. The van der Waals surface area contributed by atoms with E-state index in [-0.39, 0.29) is 11.7 Å². The summed E-state index contributed by atoms with van der Waals surface area (Å²) in [7, 11) is 0. The van der Waals surface area contributed by atoms with E-state index in [0.29, 0.717) is 23.4 Å². The molecule has 4 heteroatoms. The van der Waals surface area contributed by atoms with Crippen molar-refractivity contribution in [2.75, 3.05) is 5.32 Å². The van der Waals surface area contributed by atoms with Crippen LogP contribution in [-0.4, -0.2) is 17.8 Å². The zero-order valence-corrected chi connectivity index (χ0v) is 11.6. The largest absolute Gasteiger partial charge is 0.478 e. The van der Waals surface area contributed by atoms with Crippen LogP contribution in [-0.2, 0) is 11.2 Å².